The van der Waals surface area contributed by atoms with Crippen LogP contribution in [-0.2, 0) is 0 Å². The van der Waals surface area contributed by atoms with E-state index in [0.717, 1.165) is 12.8 Å². The molecule has 0 saturated heterocycles. The van der Waals surface area contributed by atoms with Gasteiger partial charge in [-0.2, -0.15) is 0 Å². The molecule has 0 heterocycles. The Kier molecular flexibility index (Phi) is 6.84. The summed E-state index contributed by atoms with van der Waals surface area (Å²) in [6.45, 7) is 12.5. The zero-order chi connectivity index (χ0) is 9.40. The fourth-order valence-corrected chi connectivity index (χ4v) is 1.31. The van der Waals surface area contributed by atoms with Gasteiger partial charge in [0.25, 0.3) is 0 Å². The van der Waals surface area contributed by atoms with E-state index in [4.69, 9.17) is 0 Å². The minimum absolute atomic E-state index is 1.05. The molecule has 0 aromatic heterocycles. The zero-order valence-corrected chi connectivity index (χ0v) is 8.66. The number of hydrogen-bond donors (Lipinski definition) is 0. The fourth-order valence-electron chi connectivity index (χ4n) is 1.31. The zero-order valence-electron chi connectivity index (χ0n) is 8.66. The van der Waals surface area contributed by atoms with E-state index in [2.05, 4.69) is 27.0 Å². The minimum Gasteiger partial charge on any atom is -0.0995 e. The Balaban J connectivity index is 3.47. The normalized spacial score (nSPS) is 9.83. The molecule has 0 aliphatic rings. The predicted molar refractivity (Wildman–Crippen MR) is 57.3 cm³/mol. The first-order valence-corrected chi connectivity index (χ1v) is 5.04. The van der Waals surface area contributed by atoms with Crippen molar-refractivity contribution in [2.75, 3.05) is 0 Å². The molecule has 0 saturated carbocycles. The van der Waals surface area contributed by atoms with Crippen molar-refractivity contribution in [3.05, 3.63) is 24.3 Å². The molecular formula is C12H22. The average Bonchev–Trinajstić information content (AvgIpc) is 2.01. The lowest BCUT2D eigenvalue weighted by molar-refractivity contribution is 0.761. The van der Waals surface area contributed by atoms with Gasteiger partial charge in [-0.25, -0.2) is 0 Å². The Labute approximate surface area is 77.4 Å². The molecule has 0 heteroatoms. The van der Waals surface area contributed by atoms with Gasteiger partial charge in [-0.15, -0.1) is 0 Å². The van der Waals surface area contributed by atoms with Crippen LogP contribution in [0.25, 0.3) is 0 Å². The van der Waals surface area contributed by atoms with Crippen LogP contribution in [0.1, 0.15) is 52.4 Å². The van der Waals surface area contributed by atoms with E-state index >= 15 is 0 Å². The van der Waals surface area contributed by atoms with Crippen molar-refractivity contribution in [3.8, 4) is 0 Å². The molecule has 0 unspecified atom stereocenters. The van der Waals surface area contributed by atoms with Crippen LogP contribution < -0.4 is 0 Å². The van der Waals surface area contributed by atoms with Crippen LogP contribution in [0.3, 0.4) is 0 Å². The standard InChI is InChI=1S/C12H22/c1-5-7-9-12(4)10-11(3)8-6-2/h3-10H2,1-2H3. The third kappa shape index (κ3) is 6.21. The number of allylic oxidation sites excluding steroid dienone is 2. The van der Waals surface area contributed by atoms with E-state index in [-0.39, 0.29) is 0 Å². The van der Waals surface area contributed by atoms with Crippen molar-refractivity contribution in [1.29, 1.82) is 0 Å². The van der Waals surface area contributed by atoms with Crippen LogP contribution >= 0.6 is 0 Å². The van der Waals surface area contributed by atoms with E-state index in [0.29, 0.717) is 0 Å². The molecule has 12 heavy (non-hydrogen) atoms. The molecule has 0 rings (SSSR count). The second-order valence-corrected chi connectivity index (χ2v) is 3.53. The van der Waals surface area contributed by atoms with Crippen LogP contribution in [0, 0.1) is 0 Å². The maximum absolute atomic E-state index is 4.05. The van der Waals surface area contributed by atoms with Crippen LogP contribution in [0.15, 0.2) is 24.3 Å². The van der Waals surface area contributed by atoms with Crippen molar-refractivity contribution < 1.29 is 0 Å². The summed E-state index contributed by atoms with van der Waals surface area (Å²) < 4.78 is 0. The van der Waals surface area contributed by atoms with Crippen molar-refractivity contribution in [2.24, 2.45) is 0 Å². The van der Waals surface area contributed by atoms with Gasteiger partial charge in [0.1, 0.15) is 0 Å². The predicted octanol–water partition coefficient (Wildman–Crippen LogP) is 4.48. The summed E-state index contributed by atoms with van der Waals surface area (Å²) in [7, 11) is 0. The molecule has 0 aliphatic heterocycles. The van der Waals surface area contributed by atoms with E-state index in [1.807, 2.05) is 0 Å². The third-order valence-electron chi connectivity index (χ3n) is 1.99. The number of hydrogen-bond acceptors (Lipinski definition) is 0. The molecule has 0 N–H and O–H groups in total. The molecule has 70 valence electrons. The Morgan fingerprint density at radius 2 is 1.50 bits per heavy atom. The Bertz CT molecular complexity index is 142. The molecule has 0 radical (unpaired) electrons. The van der Waals surface area contributed by atoms with Gasteiger partial charge in [0.05, 0.1) is 0 Å². The van der Waals surface area contributed by atoms with Gasteiger partial charge in [-0.05, 0) is 25.7 Å². The highest BCUT2D eigenvalue weighted by molar-refractivity contribution is 5.09. The first-order chi connectivity index (χ1) is 5.70. The third-order valence-corrected chi connectivity index (χ3v) is 1.99. The summed E-state index contributed by atoms with van der Waals surface area (Å²) in [5, 5.41) is 0. The Hall–Kier alpha value is -0.520. The smallest absolute Gasteiger partial charge is 0.0114 e. The summed E-state index contributed by atoms with van der Waals surface area (Å²) in [5.74, 6) is 0. The summed E-state index contributed by atoms with van der Waals surface area (Å²) in [6, 6.07) is 0. The van der Waals surface area contributed by atoms with Gasteiger partial charge in [0, 0.05) is 0 Å². The van der Waals surface area contributed by atoms with E-state index in [1.165, 1.54) is 36.8 Å². The summed E-state index contributed by atoms with van der Waals surface area (Å²) in [6.07, 6.45) is 7.13. The minimum atomic E-state index is 1.05. The van der Waals surface area contributed by atoms with E-state index < -0.39 is 0 Å². The van der Waals surface area contributed by atoms with Gasteiger partial charge < -0.3 is 0 Å². The van der Waals surface area contributed by atoms with Crippen LogP contribution in [-0.4, -0.2) is 0 Å². The highest BCUT2D eigenvalue weighted by Gasteiger charge is 1.97. The Morgan fingerprint density at radius 1 is 0.917 bits per heavy atom. The topological polar surface area (TPSA) is 0 Å². The van der Waals surface area contributed by atoms with Crippen LogP contribution in [0.2, 0.25) is 0 Å². The number of rotatable bonds is 7. The first-order valence-electron chi connectivity index (χ1n) is 5.04. The molecule has 0 aromatic carbocycles. The second-order valence-electron chi connectivity index (χ2n) is 3.53. The average molecular weight is 166 g/mol. The van der Waals surface area contributed by atoms with Crippen molar-refractivity contribution in [2.45, 2.75) is 52.4 Å². The maximum Gasteiger partial charge on any atom is -0.0114 e. The van der Waals surface area contributed by atoms with Crippen molar-refractivity contribution >= 4 is 0 Å². The van der Waals surface area contributed by atoms with Gasteiger partial charge in [0.15, 0.2) is 0 Å². The molecule has 0 nitrogen and oxygen atoms in total. The summed E-state index contributed by atoms with van der Waals surface area (Å²) >= 11 is 0. The van der Waals surface area contributed by atoms with Gasteiger partial charge in [0.2, 0.25) is 0 Å². The number of unbranched alkanes of at least 4 members (excludes halogenated alkanes) is 1. The fraction of sp³-hybridized carbons (Fsp3) is 0.667. The monoisotopic (exact) mass is 166 g/mol. The van der Waals surface area contributed by atoms with Crippen LogP contribution in [0.4, 0.5) is 0 Å². The molecule has 0 aliphatic carbocycles. The van der Waals surface area contributed by atoms with Crippen molar-refractivity contribution in [1.82, 2.24) is 0 Å². The lowest BCUT2D eigenvalue weighted by atomic mass is 10.0. The van der Waals surface area contributed by atoms with E-state index in [1.54, 1.807) is 0 Å². The molecule has 0 spiro atoms. The van der Waals surface area contributed by atoms with Gasteiger partial charge in [-0.1, -0.05) is 51.0 Å². The highest BCUT2D eigenvalue weighted by Crippen LogP contribution is 2.17. The first kappa shape index (κ1) is 11.5. The van der Waals surface area contributed by atoms with Gasteiger partial charge in [-0.3, -0.25) is 0 Å². The molecule has 0 aromatic rings. The highest BCUT2D eigenvalue weighted by atomic mass is 14.0. The molecular weight excluding hydrogens is 144 g/mol. The summed E-state index contributed by atoms with van der Waals surface area (Å²) in [4.78, 5) is 0. The summed E-state index contributed by atoms with van der Waals surface area (Å²) in [5.41, 5.74) is 2.70. The lowest BCUT2D eigenvalue weighted by Crippen LogP contribution is -1.86. The molecule has 0 fully saturated rings. The largest absolute Gasteiger partial charge is 0.0995 e. The molecule has 0 atom stereocenters. The van der Waals surface area contributed by atoms with Crippen LogP contribution in [0.5, 0.6) is 0 Å². The van der Waals surface area contributed by atoms with Crippen molar-refractivity contribution in [3.63, 3.8) is 0 Å². The maximum atomic E-state index is 4.05. The Morgan fingerprint density at radius 3 is 2.00 bits per heavy atom. The van der Waals surface area contributed by atoms with Gasteiger partial charge >= 0.3 is 0 Å². The second kappa shape index (κ2) is 7.15. The lowest BCUT2D eigenvalue weighted by Gasteiger charge is -2.06. The quantitative estimate of drug-likeness (QED) is 0.489. The SMILES string of the molecule is C=C(CCC)CC(=C)CCCC. The molecule has 0 bridgehead atoms. The van der Waals surface area contributed by atoms with E-state index in [9.17, 15) is 0 Å². The molecule has 0 amide bonds.